The fourth-order valence-corrected chi connectivity index (χ4v) is 4.52. The zero-order valence-electron chi connectivity index (χ0n) is 30.6. The predicted molar refractivity (Wildman–Crippen MR) is 184 cm³/mol. The lowest BCUT2D eigenvalue weighted by Gasteiger charge is -2.25. The van der Waals surface area contributed by atoms with Crippen molar-refractivity contribution in [3.63, 3.8) is 0 Å². The minimum Gasteiger partial charge on any atom is -0.382 e. The van der Waals surface area contributed by atoms with E-state index in [1.54, 1.807) is 21.0 Å². The number of unbranched alkanes of at least 4 members (excludes halogenated alkanes) is 2. The summed E-state index contributed by atoms with van der Waals surface area (Å²) >= 11 is 0. The Hall–Kier alpha value is -3.03. The molecule has 5 amide bonds. The molecule has 1 heterocycles. The minimum absolute atomic E-state index is 0.157. The van der Waals surface area contributed by atoms with E-state index in [4.69, 9.17) is 43.6 Å². The summed E-state index contributed by atoms with van der Waals surface area (Å²) in [5.41, 5.74) is 5.42. The van der Waals surface area contributed by atoms with E-state index in [2.05, 4.69) is 5.32 Å². The van der Waals surface area contributed by atoms with Crippen LogP contribution in [0.2, 0.25) is 0 Å². The zero-order chi connectivity index (χ0) is 37.5. The van der Waals surface area contributed by atoms with Crippen LogP contribution in [0.3, 0.4) is 0 Å². The molecule has 51 heavy (non-hydrogen) atoms. The highest BCUT2D eigenvalue weighted by Crippen LogP contribution is 2.09. The van der Waals surface area contributed by atoms with Crippen LogP contribution in [0, 0.1) is 5.92 Å². The number of carbonyl (C=O) groups is 5. The molecule has 1 aliphatic rings. The van der Waals surface area contributed by atoms with Gasteiger partial charge in [0.1, 0.15) is 6.04 Å². The van der Waals surface area contributed by atoms with Crippen molar-refractivity contribution in [2.75, 3.05) is 126 Å². The Morgan fingerprint density at radius 1 is 0.686 bits per heavy atom. The second-order valence-corrected chi connectivity index (χ2v) is 11.8. The van der Waals surface area contributed by atoms with Crippen molar-refractivity contribution < 1.29 is 61.9 Å². The van der Waals surface area contributed by atoms with Crippen LogP contribution in [0.15, 0.2) is 12.2 Å². The Morgan fingerprint density at radius 3 is 1.53 bits per heavy atom. The van der Waals surface area contributed by atoms with Crippen molar-refractivity contribution in [1.29, 1.82) is 0 Å². The molecule has 1 rings (SSSR count). The number of amides is 5. The van der Waals surface area contributed by atoms with Crippen molar-refractivity contribution in [1.82, 2.24) is 15.1 Å². The van der Waals surface area contributed by atoms with Gasteiger partial charge in [0.25, 0.3) is 11.8 Å². The zero-order valence-corrected chi connectivity index (χ0v) is 30.6. The van der Waals surface area contributed by atoms with Gasteiger partial charge in [0.15, 0.2) is 0 Å². The van der Waals surface area contributed by atoms with Gasteiger partial charge in [-0.15, -0.1) is 0 Å². The molecule has 1 aliphatic heterocycles. The van der Waals surface area contributed by atoms with Gasteiger partial charge < -0.3 is 53.8 Å². The maximum atomic E-state index is 13.0. The number of primary amides is 1. The van der Waals surface area contributed by atoms with Crippen LogP contribution in [0.1, 0.15) is 39.5 Å². The summed E-state index contributed by atoms with van der Waals surface area (Å²) in [5.74, 6) is -2.30. The third-order valence-electron chi connectivity index (χ3n) is 7.32. The number of nitrogens with one attached hydrogen (secondary N) is 1. The lowest BCUT2D eigenvalue weighted by molar-refractivity contribution is -0.138. The fraction of sp³-hybridized carbons (Fsp3) is 0.794. The van der Waals surface area contributed by atoms with Gasteiger partial charge in [-0.3, -0.25) is 28.9 Å². The molecular formula is C34H60N4O13. The highest BCUT2D eigenvalue weighted by atomic mass is 16.6. The molecule has 1 atom stereocenters. The van der Waals surface area contributed by atoms with E-state index in [9.17, 15) is 24.0 Å². The molecule has 0 fully saturated rings. The van der Waals surface area contributed by atoms with Crippen LogP contribution in [-0.2, 0) is 61.9 Å². The molecule has 17 nitrogen and oxygen atoms in total. The van der Waals surface area contributed by atoms with Crippen LogP contribution < -0.4 is 11.1 Å². The average molecular weight is 733 g/mol. The largest absolute Gasteiger partial charge is 0.382 e. The first-order valence-corrected chi connectivity index (χ1v) is 17.6. The van der Waals surface area contributed by atoms with Crippen LogP contribution in [0.5, 0.6) is 0 Å². The Balaban J connectivity index is 2.16. The smallest absolute Gasteiger partial charge is 0.253 e. The summed E-state index contributed by atoms with van der Waals surface area (Å²) in [5, 5.41) is 2.61. The SMILES string of the molecule is COCCOCCOCCOCCOCCOCCOCCOCCN(CC(=O)NC(C(N)=O)C(C)C)C(=O)CCCCCN1C(=O)C=CC1=O. The molecule has 294 valence electrons. The first-order chi connectivity index (χ1) is 24.7. The monoisotopic (exact) mass is 732 g/mol. The third-order valence-corrected chi connectivity index (χ3v) is 7.32. The average Bonchev–Trinajstić information content (AvgIpc) is 3.42. The van der Waals surface area contributed by atoms with Gasteiger partial charge in [0.05, 0.1) is 106 Å². The van der Waals surface area contributed by atoms with Gasteiger partial charge in [-0.2, -0.15) is 0 Å². The topological polar surface area (TPSA) is 204 Å². The molecule has 0 bridgehead atoms. The molecule has 0 aromatic heterocycles. The maximum Gasteiger partial charge on any atom is 0.253 e. The van der Waals surface area contributed by atoms with E-state index in [0.29, 0.717) is 105 Å². The number of rotatable bonds is 35. The highest BCUT2D eigenvalue weighted by Gasteiger charge is 2.25. The fourth-order valence-electron chi connectivity index (χ4n) is 4.52. The summed E-state index contributed by atoms with van der Waals surface area (Å²) < 4.78 is 43.1. The van der Waals surface area contributed by atoms with E-state index in [-0.39, 0.29) is 62.9 Å². The Bertz CT molecular complexity index is 997. The lowest BCUT2D eigenvalue weighted by Crippen LogP contribution is -2.51. The summed E-state index contributed by atoms with van der Waals surface area (Å²) in [4.78, 5) is 63.4. The number of methoxy groups -OCH3 is 1. The van der Waals surface area contributed by atoms with Crippen molar-refractivity contribution >= 4 is 29.5 Å². The molecule has 0 aromatic carbocycles. The molecule has 0 aliphatic carbocycles. The van der Waals surface area contributed by atoms with Crippen molar-refractivity contribution in [3.05, 3.63) is 12.2 Å². The quantitative estimate of drug-likeness (QED) is 0.0635. The number of nitrogens with zero attached hydrogens (tertiary/aromatic N) is 2. The maximum absolute atomic E-state index is 13.0. The Kier molecular flexibility index (Phi) is 27.6. The normalized spacial score (nSPS) is 13.4. The standard InChI is InChI=1S/C34H60N4O13/c1-28(2)33(34(35)43)36-29(39)27-37(30(40)7-5-4-6-10-38-31(41)8-9-32(38)42)11-12-45-15-16-47-19-20-49-23-24-51-26-25-50-22-21-48-18-17-46-14-13-44-3/h8-9,28,33H,4-7,10-27H2,1-3H3,(H2,35,43)(H,36,39). The van der Waals surface area contributed by atoms with E-state index < -0.39 is 17.9 Å². The van der Waals surface area contributed by atoms with Crippen molar-refractivity contribution in [2.24, 2.45) is 11.7 Å². The molecule has 1 unspecified atom stereocenters. The van der Waals surface area contributed by atoms with Gasteiger partial charge in [0, 0.05) is 38.8 Å². The number of hydrogen-bond acceptors (Lipinski definition) is 13. The molecule has 0 spiro atoms. The molecular weight excluding hydrogens is 672 g/mol. The van der Waals surface area contributed by atoms with Crippen molar-refractivity contribution in [2.45, 2.75) is 45.6 Å². The first kappa shape index (κ1) is 46.0. The summed E-state index contributed by atoms with van der Waals surface area (Å²) in [6, 6.07) is -0.858. The van der Waals surface area contributed by atoms with Gasteiger partial charge in [0.2, 0.25) is 17.7 Å². The second kappa shape index (κ2) is 30.6. The van der Waals surface area contributed by atoms with Gasteiger partial charge in [-0.1, -0.05) is 20.3 Å². The van der Waals surface area contributed by atoms with Gasteiger partial charge in [-0.05, 0) is 18.8 Å². The Labute approximate surface area is 301 Å². The number of carbonyl (C=O) groups excluding carboxylic acids is 5. The highest BCUT2D eigenvalue weighted by molar-refractivity contribution is 6.12. The molecule has 0 saturated carbocycles. The minimum atomic E-state index is -0.858. The van der Waals surface area contributed by atoms with E-state index in [1.807, 2.05) is 0 Å². The van der Waals surface area contributed by atoms with Crippen LogP contribution in [0.4, 0.5) is 0 Å². The predicted octanol–water partition coefficient (Wildman–Crippen LogP) is -0.311. The number of imide groups is 1. The molecule has 0 radical (unpaired) electrons. The summed E-state index contributed by atoms with van der Waals surface area (Å²) in [6.07, 6.45) is 4.33. The molecule has 17 heteroatoms. The number of hydrogen-bond donors (Lipinski definition) is 2. The van der Waals surface area contributed by atoms with Crippen LogP contribution in [-0.4, -0.2) is 171 Å². The number of ether oxygens (including phenoxy) is 8. The van der Waals surface area contributed by atoms with Crippen LogP contribution >= 0.6 is 0 Å². The molecule has 3 N–H and O–H groups in total. The lowest BCUT2D eigenvalue weighted by atomic mass is 10.0. The second-order valence-electron chi connectivity index (χ2n) is 11.8. The van der Waals surface area contributed by atoms with Gasteiger partial charge >= 0.3 is 0 Å². The van der Waals surface area contributed by atoms with E-state index in [0.717, 1.165) is 4.90 Å². The molecule has 0 saturated heterocycles. The summed E-state index contributed by atoms with van der Waals surface area (Å²) in [6.45, 7) is 10.2. The van der Waals surface area contributed by atoms with E-state index in [1.165, 1.54) is 17.1 Å². The molecule has 0 aromatic rings. The summed E-state index contributed by atoms with van der Waals surface area (Å²) in [7, 11) is 1.63. The number of nitrogens with two attached hydrogens (primary N) is 1. The van der Waals surface area contributed by atoms with Crippen molar-refractivity contribution in [3.8, 4) is 0 Å². The van der Waals surface area contributed by atoms with Gasteiger partial charge in [-0.25, -0.2) is 0 Å². The van der Waals surface area contributed by atoms with E-state index >= 15 is 0 Å². The Morgan fingerprint density at radius 2 is 1.12 bits per heavy atom. The first-order valence-electron chi connectivity index (χ1n) is 17.6. The third kappa shape index (κ3) is 24.0. The van der Waals surface area contributed by atoms with Crippen LogP contribution in [0.25, 0.3) is 0 Å².